The van der Waals surface area contributed by atoms with Crippen LogP contribution in [0.1, 0.15) is 61.0 Å². The summed E-state index contributed by atoms with van der Waals surface area (Å²) in [6.45, 7) is 16.5. The molecule has 2 fully saturated rings. The highest BCUT2D eigenvalue weighted by Crippen LogP contribution is 2.37. The molecule has 2 aliphatic rings. The van der Waals surface area contributed by atoms with Crippen LogP contribution in [0.2, 0.25) is 0 Å². The minimum atomic E-state index is -0.432. The largest absolute Gasteiger partial charge is 0.495 e. The summed E-state index contributed by atoms with van der Waals surface area (Å²) in [5, 5.41) is 0. The van der Waals surface area contributed by atoms with Gasteiger partial charge in [-0.2, -0.15) is 0 Å². The van der Waals surface area contributed by atoms with Gasteiger partial charge in [-0.25, -0.2) is 0 Å². The lowest BCUT2D eigenvalue weighted by molar-refractivity contribution is 0.00578. The number of hydrogen-bond donors (Lipinski definition) is 0. The fourth-order valence-electron chi connectivity index (χ4n) is 3.69. The van der Waals surface area contributed by atoms with Crippen LogP contribution in [-0.4, -0.2) is 42.9 Å². The fourth-order valence-corrected chi connectivity index (χ4v) is 3.69. The Hall–Kier alpha value is -1.92. The van der Waals surface area contributed by atoms with Gasteiger partial charge in [0.25, 0.3) is 0 Å². The summed E-state index contributed by atoms with van der Waals surface area (Å²) < 4.78 is 24.9. The highest BCUT2D eigenvalue weighted by molar-refractivity contribution is 6.63. The maximum atomic E-state index is 6.25. The highest BCUT2D eigenvalue weighted by atomic mass is 16.7. The van der Waals surface area contributed by atoms with Gasteiger partial charge in [-0.3, -0.25) is 4.99 Å². The van der Waals surface area contributed by atoms with Crippen LogP contribution in [0.3, 0.4) is 0 Å². The number of aliphatic imine (C=N–C) groups is 1. The molecule has 0 aromatic heterocycles. The van der Waals surface area contributed by atoms with Crippen LogP contribution in [0.5, 0.6) is 0 Å². The molecule has 0 unspecified atom stereocenters. The van der Waals surface area contributed by atoms with Gasteiger partial charge in [-0.1, -0.05) is 36.4 Å². The van der Waals surface area contributed by atoms with E-state index in [0.717, 1.165) is 22.2 Å². The molecule has 4 rings (SSSR count). The number of nitrogens with zero attached hydrogens (tertiary/aromatic N) is 1. The molecule has 2 aromatic rings. The third kappa shape index (κ3) is 4.19. The zero-order valence-corrected chi connectivity index (χ0v) is 20.4. The van der Waals surface area contributed by atoms with Crippen LogP contribution < -0.4 is 10.9 Å². The second-order valence-corrected chi connectivity index (χ2v) is 10.7. The van der Waals surface area contributed by atoms with Crippen molar-refractivity contribution in [2.24, 2.45) is 4.99 Å². The molecule has 2 heterocycles. The van der Waals surface area contributed by atoms with Crippen LogP contribution >= 0.6 is 0 Å². The quantitative estimate of drug-likeness (QED) is 0.540. The van der Waals surface area contributed by atoms with E-state index in [1.54, 1.807) is 0 Å². The molecular formula is C25H33B2NO4. The molecule has 168 valence electrons. The smallest absolute Gasteiger partial charge is 0.399 e. The molecular weight excluding hydrogens is 400 g/mol. The summed E-state index contributed by atoms with van der Waals surface area (Å²) in [7, 11) is -0.842. The molecule has 0 saturated carbocycles. The lowest BCUT2D eigenvalue weighted by atomic mass is 9.76. The number of benzene rings is 2. The molecule has 5 nitrogen and oxygen atoms in total. The van der Waals surface area contributed by atoms with Crippen molar-refractivity contribution in [1.82, 2.24) is 0 Å². The molecule has 0 radical (unpaired) electrons. The van der Waals surface area contributed by atoms with E-state index >= 15 is 0 Å². The van der Waals surface area contributed by atoms with Crippen molar-refractivity contribution in [2.45, 2.75) is 77.8 Å². The lowest BCUT2D eigenvalue weighted by Gasteiger charge is -2.32. The van der Waals surface area contributed by atoms with Crippen molar-refractivity contribution in [3.05, 3.63) is 54.1 Å². The Bertz CT molecular complexity index is 1000. The van der Waals surface area contributed by atoms with Crippen LogP contribution in [0.15, 0.2) is 53.5 Å². The van der Waals surface area contributed by atoms with E-state index in [2.05, 4.69) is 55.4 Å². The van der Waals surface area contributed by atoms with Gasteiger partial charge < -0.3 is 18.6 Å². The molecule has 2 saturated heterocycles. The molecule has 7 heteroatoms. The SMILES string of the molecule is CC1(C)OB(c2cccc(N=Cc3ccccc3B3OC(C)(C)C(C)(C)O3)c2)OC1(C)C. The third-order valence-electron chi connectivity index (χ3n) is 7.25. The van der Waals surface area contributed by atoms with Gasteiger partial charge in [0.2, 0.25) is 0 Å². The first kappa shape index (κ1) is 23.2. The van der Waals surface area contributed by atoms with Gasteiger partial charge in [0.1, 0.15) is 0 Å². The predicted molar refractivity (Wildman–Crippen MR) is 132 cm³/mol. The summed E-state index contributed by atoms with van der Waals surface area (Å²) in [4.78, 5) is 4.74. The van der Waals surface area contributed by atoms with Gasteiger partial charge in [0.05, 0.1) is 28.1 Å². The molecule has 0 aliphatic carbocycles. The van der Waals surface area contributed by atoms with Crippen LogP contribution in [0, 0.1) is 0 Å². The first-order valence-corrected chi connectivity index (χ1v) is 11.3. The summed E-state index contributed by atoms with van der Waals surface area (Å²) in [5.41, 5.74) is 2.19. The third-order valence-corrected chi connectivity index (χ3v) is 7.25. The average molecular weight is 433 g/mol. The fraction of sp³-hybridized carbons (Fsp3) is 0.480. The van der Waals surface area contributed by atoms with E-state index in [1.807, 2.05) is 54.7 Å². The molecule has 2 aromatic carbocycles. The second kappa shape index (κ2) is 7.84. The Morgan fingerprint density at radius 1 is 0.656 bits per heavy atom. The zero-order chi connectivity index (χ0) is 23.4. The van der Waals surface area contributed by atoms with Gasteiger partial charge in [-0.05, 0) is 84.0 Å². The van der Waals surface area contributed by atoms with E-state index in [0.29, 0.717) is 0 Å². The van der Waals surface area contributed by atoms with E-state index < -0.39 is 14.2 Å². The van der Waals surface area contributed by atoms with Crippen LogP contribution in [-0.2, 0) is 18.6 Å². The van der Waals surface area contributed by atoms with Crippen molar-refractivity contribution in [3.63, 3.8) is 0 Å². The minimum absolute atomic E-state index is 0.376. The molecule has 0 N–H and O–H groups in total. The van der Waals surface area contributed by atoms with Gasteiger partial charge >= 0.3 is 14.2 Å². The Kier molecular flexibility index (Phi) is 5.70. The Morgan fingerprint density at radius 3 is 1.78 bits per heavy atom. The number of rotatable bonds is 4. The van der Waals surface area contributed by atoms with Crippen molar-refractivity contribution in [2.75, 3.05) is 0 Å². The van der Waals surface area contributed by atoms with Crippen molar-refractivity contribution >= 4 is 37.1 Å². The Morgan fingerprint density at radius 2 is 1.19 bits per heavy atom. The number of hydrogen-bond acceptors (Lipinski definition) is 5. The minimum Gasteiger partial charge on any atom is -0.399 e. The first-order valence-electron chi connectivity index (χ1n) is 11.3. The second-order valence-electron chi connectivity index (χ2n) is 10.7. The van der Waals surface area contributed by atoms with Crippen molar-refractivity contribution in [3.8, 4) is 0 Å². The van der Waals surface area contributed by atoms with E-state index in [9.17, 15) is 0 Å². The Balaban J connectivity index is 1.56. The molecule has 0 spiro atoms. The lowest BCUT2D eigenvalue weighted by Crippen LogP contribution is -2.41. The van der Waals surface area contributed by atoms with E-state index in [-0.39, 0.29) is 22.4 Å². The van der Waals surface area contributed by atoms with Crippen molar-refractivity contribution < 1.29 is 18.6 Å². The summed E-state index contributed by atoms with van der Waals surface area (Å²) in [5.74, 6) is 0. The highest BCUT2D eigenvalue weighted by Gasteiger charge is 2.53. The summed E-state index contributed by atoms with van der Waals surface area (Å²) >= 11 is 0. The summed E-state index contributed by atoms with van der Waals surface area (Å²) in [6, 6.07) is 16.0. The molecule has 0 amide bonds. The normalized spacial score (nSPS) is 23.2. The molecule has 32 heavy (non-hydrogen) atoms. The van der Waals surface area contributed by atoms with Gasteiger partial charge in [0, 0.05) is 6.21 Å². The molecule has 2 aliphatic heterocycles. The Labute approximate surface area is 192 Å². The van der Waals surface area contributed by atoms with Crippen LogP contribution in [0.25, 0.3) is 0 Å². The predicted octanol–water partition coefficient (Wildman–Crippen LogP) is 4.04. The monoisotopic (exact) mass is 433 g/mol. The van der Waals surface area contributed by atoms with E-state index in [4.69, 9.17) is 23.6 Å². The first-order chi connectivity index (χ1) is 14.8. The van der Waals surface area contributed by atoms with Crippen molar-refractivity contribution in [1.29, 1.82) is 0 Å². The standard InChI is InChI=1S/C25H33B2NO4/c1-22(2)23(3,4)30-26(29-22)19-13-11-14-20(16-19)28-17-18-12-9-10-15-21(18)27-31-24(5,6)25(7,8)32-27/h9-17H,1-8H3. The average Bonchev–Trinajstić information content (AvgIpc) is 3.06. The maximum Gasteiger partial charge on any atom is 0.495 e. The summed E-state index contributed by atoms with van der Waals surface area (Å²) in [6.07, 6.45) is 1.86. The molecule has 0 atom stereocenters. The topological polar surface area (TPSA) is 49.3 Å². The maximum absolute atomic E-state index is 6.25. The van der Waals surface area contributed by atoms with E-state index in [1.165, 1.54) is 0 Å². The zero-order valence-electron chi connectivity index (χ0n) is 20.4. The van der Waals surface area contributed by atoms with Gasteiger partial charge in [0.15, 0.2) is 0 Å². The van der Waals surface area contributed by atoms with Gasteiger partial charge in [-0.15, -0.1) is 0 Å². The molecule has 0 bridgehead atoms. The van der Waals surface area contributed by atoms with Crippen LogP contribution in [0.4, 0.5) is 5.69 Å².